The van der Waals surface area contributed by atoms with E-state index in [0.717, 1.165) is 107 Å². The molecule has 3 N–H and O–H groups in total. The summed E-state index contributed by atoms with van der Waals surface area (Å²) in [5, 5.41) is 7.83. The van der Waals surface area contributed by atoms with Crippen molar-refractivity contribution in [1.82, 2.24) is 58.8 Å². The number of carbonyl (C=O) groups excluding carboxylic acids is 2. The summed E-state index contributed by atoms with van der Waals surface area (Å²) < 4.78 is 26.1. The van der Waals surface area contributed by atoms with Crippen LogP contribution in [0.4, 0.5) is 38.7 Å². The van der Waals surface area contributed by atoms with Crippen LogP contribution in [0, 0.1) is 0 Å². The number of nitrogens with zero attached hydrogens (tertiary/aromatic N) is 14. The smallest absolute Gasteiger partial charge is 0.410 e. The number of piperazine rings is 2. The van der Waals surface area contributed by atoms with Crippen molar-refractivity contribution in [2.45, 2.75) is 116 Å². The molecule has 0 aromatic carbocycles. The molecule has 22 nitrogen and oxygen atoms in total. The first kappa shape index (κ1) is 56.3. The van der Waals surface area contributed by atoms with Crippen LogP contribution in [0.15, 0.2) is 73.3 Å². The standard InChI is InChI=1S/C29H36N8O3.C15H17N5O.C14H20ClN3O2/c1-29(2,3)40-28(38)36-15-13-35(14-16-36)20-9-11-23(30-17-20)32-27-31-18-22-21-10-12-24(39-4)33-25(21)37(26(22)34-27)19-7-5-6-8-19;1-21-12-7-6-10-11-8-17-15(16)19-14(11)20(13(10)18-12)9-4-2-3-5-9;1-14(2,3)20-13(19)18-8-6-17(7-9-18)11-4-5-12(15)16-10-11/h9-12,17-19H,5-8,13-16H2,1-4H3,(H,30,31,32,34);6-9H,2-5H2,1H3,(H2,16,17,19);4-5,10H,6-9H2,1-3H3. The van der Waals surface area contributed by atoms with Gasteiger partial charge in [-0.05, 0) is 104 Å². The highest BCUT2D eigenvalue weighted by Crippen LogP contribution is 2.40. The predicted molar refractivity (Wildman–Crippen MR) is 315 cm³/mol. The van der Waals surface area contributed by atoms with E-state index < -0.39 is 11.2 Å². The van der Waals surface area contributed by atoms with Crippen LogP contribution >= 0.6 is 11.6 Å². The highest BCUT2D eigenvalue weighted by atomic mass is 35.5. The van der Waals surface area contributed by atoms with E-state index in [2.05, 4.69) is 54.2 Å². The molecular formula is C58H73ClN16O6. The van der Waals surface area contributed by atoms with Crippen molar-refractivity contribution >= 4 is 97.0 Å². The number of anilines is 5. The molecule has 4 aliphatic rings. The predicted octanol–water partition coefficient (Wildman–Crippen LogP) is 10.8. The molecule has 2 aliphatic carbocycles. The van der Waals surface area contributed by atoms with E-state index in [0.29, 0.717) is 72.9 Å². The van der Waals surface area contributed by atoms with E-state index in [4.69, 9.17) is 46.3 Å². The summed E-state index contributed by atoms with van der Waals surface area (Å²) in [6.07, 6.45) is 16.2. The molecule has 0 spiro atoms. The molecule has 8 aromatic rings. The summed E-state index contributed by atoms with van der Waals surface area (Å²) in [4.78, 5) is 68.5. The van der Waals surface area contributed by atoms with Gasteiger partial charge in [0, 0.05) is 111 Å². The Morgan fingerprint density at radius 1 is 0.531 bits per heavy atom. The third kappa shape index (κ3) is 13.1. The lowest BCUT2D eigenvalue weighted by atomic mass is 10.2. The van der Waals surface area contributed by atoms with Gasteiger partial charge in [0.05, 0.1) is 38.0 Å². The minimum Gasteiger partial charge on any atom is -0.481 e. The molecular weight excluding hydrogens is 1050 g/mol. The van der Waals surface area contributed by atoms with Gasteiger partial charge in [0.2, 0.25) is 23.7 Å². The lowest BCUT2D eigenvalue weighted by Gasteiger charge is -2.36. The molecule has 2 saturated heterocycles. The van der Waals surface area contributed by atoms with Crippen molar-refractivity contribution < 1.29 is 28.5 Å². The van der Waals surface area contributed by atoms with Crippen molar-refractivity contribution in [2.24, 2.45) is 0 Å². The molecule has 12 rings (SSSR count). The van der Waals surface area contributed by atoms with Gasteiger partial charge in [0.1, 0.15) is 44.8 Å². The van der Waals surface area contributed by atoms with Gasteiger partial charge in [-0.3, -0.25) is 0 Å². The van der Waals surface area contributed by atoms with Crippen LogP contribution in [0.2, 0.25) is 5.15 Å². The average molecular weight is 1130 g/mol. The maximum absolute atomic E-state index is 12.4. The Bertz CT molecular complexity index is 3480. The maximum Gasteiger partial charge on any atom is 0.410 e. The van der Waals surface area contributed by atoms with Crippen LogP contribution < -0.4 is 30.3 Å². The molecule has 8 aromatic heterocycles. The Morgan fingerprint density at radius 3 is 1.41 bits per heavy atom. The fourth-order valence-corrected chi connectivity index (χ4v) is 11.0. The number of rotatable bonds is 8. The number of halogens is 1. The molecule has 428 valence electrons. The Balaban J connectivity index is 0.000000151. The van der Waals surface area contributed by atoms with Crippen LogP contribution in [0.3, 0.4) is 0 Å². The number of nitrogens with two attached hydrogens (primary N) is 1. The topological polar surface area (TPSA) is 235 Å². The molecule has 4 fully saturated rings. The number of nitrogen functional groups attached to an aromatic ring is 1. The lowest BCUT2D eigenvalue weighted by molar-refractivity contribution is 0.0230. The number of hydrogen-bond donors (Lipinski definition) is 2. The van der Waals surface area contributed by atoms with Crippen molar-refractivity contribution in [2.75, 3.05) is 87.4 Å². The molecule has 0 unspecified atom stereocenters. The second-order valence-electron chi connectivity index (χ2n) is 22.7. The first-order valence-electron chi connectivity index (χ1n) is 27.9. The second-order valence-corrected chi connectivity index (χ2v) is 23.1. The highest BCUT2D eigenvalue weighted by molar-refractivity contribution is 6.29. The van der Waals surface area contributed by atoms with Crippen molar-refractivity contribution in [3.8, 4) is 11.8 Å². The molecule has 10 heterocycles. The summed E-state index contributed by atoms with van der Waals surface area (Å²) in [5.41, 5.74) is 10.4. The minimum absolute atomic E-state index is 0.244. The molecule has 23 heteroatoms. The Labute approximate surface area is 476 Å². The number of amides is 2. The Hall–Kier alpha value is -8.01. The van der Waals surface area contributed by atoms with Crippen molar-refractivity contribution in [1.29, 1.82) is 0 Å². The number of methoxy groups -OCH3 is 2. The van der Waals surface area contributed by atoms with E-state index >= 15 is 0 Å². The number of ether oxygens (including phenoxy) is 4. The molecule has 2 amide bonds. The zero-order valence-electron chi connectivity index (χ0n) is 47.6. The van der Waals surface area contributed by atoms with Crippen LogP contribution in [-0.2, 0) is 9.47 Å². The maximum atomic E-state index is 12.4. The molecule has 0 bridgehead atoms. The number of pyridine rings is 4. The first-order valence-corrected chi connectivity index (χ1v) is 28.3. The Kier molecular flexibility index (Phi) is 16.7. The average Bonchev–Trinajstić information content (AvgIpc) is 4.50. The van der Waals surface area contributed by atoms with Gasteiger partial charge in [-0.15, -0.1) is 0 Å². The molecule has 81 heavy (non-hydrogen) atoms. The third-order valence-electron chi connectivity index (χ3n) is 14.8. The number of aromatic nitrogens is 10. The summed E-state index contributed by atoms with van der Waals surface area (Å²) >= 11 is 5.78. The fourth-order valence-electron chi connectivity index (χ4n) is 10.9. The van der Waals surface area contributed by atoms with Gasteiger partial charge in [-0.25, -0.2) is 29.5 Å². The van der Waals surface area contributed by atoms with Crippen LogP contribution in [-0.4, -0.2) is 149 Å². The van der Waals surface area contributed by atoms with Gasteiger partial charge in [-0.2, -0.15) is 19.9 Å². The normalized spacial score (nSPS) is 16.4. The first-order chi connectivity index (χ1) is 38.9. The summed E-state index contributed by atoms with van der Waals surface area (Å²) in [6, 6.07) is 16.3. The molecule has 0 radical (unpaired) electrons. The SMILES string of the molecule is CC(C)(C)OC(=O)N1CCN(c2ccc(Cl)nc2)CC1.COc1ccc2c3cnc(N)nc3n(C3CCCC3)c2n1.COc1ccc2c3cnc(Nc4ccc(N5CCN(C(=O)OC(C)(C)C)CC5)cn4)nc3n(C3CCCC3)c2n1. The van der Waals surface area contributed by atoms with E-state index in [1.165, 1.54) is 25.7 Å². The van der Waals surface area contributed by atoms with Crippen LogP contribution in [0.1, 0.15) is 105 Å². The largest absolute Gasteiger partial charge is 0.481 e. The zero-order chi connectivity index (χ0) is 57.0. The fraction of sp³-hybridized carbons (Fsp3) is 0.483. The molecule has 2 saturated carbocycles. The molecule has 0 atom stereocenters. The van der Waals surface area contributed by atoms with Crippen molar-refractivity contribution in [3.63, 3.8) is 0 Å². The highest BCUT2D eigenvalue weighted by Gasteiger charge is 2.30. The quantitative estimate of drug-likeness (QED) is 0.135. The van der Waals surface area contributed by atoms with Crippen molar-refractivity contribution in [3.05, 3.63) is 78.5 Å². The number of nitrogens with one attached hydrogen (secondary N) is 1. The van der Waals surface area contributed by atoms with Gasteiger partial charge in [-0.1, -0.05) is 37.3 Å². The summed E-state index contributed by atoms with van der Waals surface area (Å²) in [5.74, 6) is 2.67. The van der Waals surface area contributed by atoms with Gasteiger partial charge in [0.15, 0.2) is 0 Å². The van der Waals surface area contributed by atoms with E-state index in [1.54, 1.807) is 42.5 Å². The summed E-state index contributed by atoms with van der Waals surface area (Å²) in [7, 11) is 3.27. The monoisotopic (exact) mass is 1120 g/mol. The van der Waals surface area contributed by atoms with E-state index in [9.17, 15) is 9.59 Å². The summed E-state index contributed by atoms with van der Waals surface area (Å²) in [6.45, 7) is 16.8. The zero-order valence-corrected chi connectivity index (χ0v) is 48.3. The number of fused-ring (bicyclic) bond motifs is 6. The second kappa shape index (κ2) is 24.0. The third-order valence-corrected chi connectivity index (χ3v) is 15.1. The van der Waals surface area contributed by atoms with Gasteiger partial charge < -0.3 is 58.7 Å². The van der Waals surface area contributed by atoms with Crippen LogP contribution in [0.25, 0.3) is 44.1 Å². The Morgan fingerprint density at radius 2 is 0.975 bits per heavy atom. The van der Waals surface area contributed by atoms with Gasteiger partial charge in [0.25, 0.3) is 0 Å². The number of carbonyl (C=O) groups is 2. The lowest BCUT2D eigenvalue weighted by Crippen LogP contribution is -2.50. The minimum atomic E-state index is -0.493. The van der Waals surface area contributed by atoms with Gasteiger partial charge >= 0.3 is 12.2 Å². The molecule has 2 aliphatic heterocycles. The number of hydrogen-bond acceptors (Lipinski definition) is 18. The van der Waals surface area contributed by atoms with E-state index in [-0.39, 0.29) is 12.2 Å². The van der Waals surface area contributed by atoms with E-state index in [1.807, 2.05) is 96.4 Å². The van der Waals surface area contributed by atoms with Crippen LogP contribution in [0.5, 0.6) is 11.8 Å².